The Labute approximate surface area is 127 Å². The SMILES string of the molecule is Cc1nc(NS(=O)(=O)c2cc(Cl)c(F)cc2F)sc1Cl. The van der Waals surface area contributed by atoms with Crippen molar-refractivity contribution in [1.82, 2.24) is 4.98 Å². The van der Waals surface area contributed by atoms with E-state index < -0.39 is 31.6 Å². The van der Waals surface area contributed by atoms with Crippen molar-refractivity contribution >= 4 is 49.7 Å². The molecule has 0 amide bonds. The number of halogens is 4. The molecule has 2 aromatic rings. The van der Waals surface area contributed by atoms with Crippen molar-refractivity contribution in [3.63, 3.8) is 0 Å². The molecule has 1 heterocycles. The van der Waals surface area contributed by atoms with Crippen molar-refractivity contribution < 1.29 is 17.2 Å². The van der Waals surface area contributed by atoms with E-state index in [-0.39, 0.29) is 5.13 Å². The van der Waals surface area contributed by atoms with Crippen molar-refractivity contribution in [2.45, 2.75) is 11.8 Å². The first-order valence-electron chi connectivity index (χ1n) is 5.01. The molecule has 1 aromatic carbocycles. The van der Waals surface area contributed by atoms with Crippen LogP contribution in [-0.2, 0) is 10.0 Å². The highest BCUT2D eigenvalue weighted by Crippen LogP contribution is 2.30. The smallest absolute Gasteiger partial charge is 0.254 e. The molecule has 0 aliphatic heterocycles. The highest BCUT2D eigenvalue weighted by molar-refractivity contribution is 7.93. The number of benzene rings is 1. The van der Waals surface area contributed by atoms with Crippen LogP contribution in [0, 0.1) is 18.6 Å². The molecular formula is C10H6Cl2F2N2O2S2. The maximum atomic E-state index is 13.6. The van der Waals surface area contributed by atoms with Gasteiger partial charge in [-0.15, -0.1) is 0 Å². The van der Waals surface area contributed by atoms with Gasteiger partial charge in [-0.3, -0.25) is 4.72 Å². The first kappa shape index (κ1) is 15.4. The zero-order valence-electron chi connectivity index (χ0n) is 9.75. The predicted octanol–water partition coefficient (Wildman–Crippen LogP) is 3.84. The highest BCUT2D eigenvalue weighted by Gasteiger charge is 2.23. The monoisotopic (exact) mass is 358 g/mol. The lowest BCUT2D eigenvalue weighted by molar-refractivity contribution is 0.551. The Morgan fingerprint density at radius 2 is 1.90 bits per heavy atom. The number of aromatic nitrogens is 1. The molecule has 10 heteroatoms. The van der Waals surface area contributed by atoms with Crippen LogP contribution in [0.2, 0.25) is 9.36 Å². The molecule has 0 bridgehead atoms. The third-order valence-electron chi connectivity index (χ3n) is 2.23. The molecular weight excluding hydrogens is 353 g/mol. The Balaban J connectivity index is 2.43. The third-order valence-corrected chi connectivity index (χ3v) is 5.37. The number of nitrogens with one attached hydrogen (secondary N) is 1. The molecule has 108 valence electrons. The fourth-order valence-electron chi connectivity index (χ4n) is 1.30. The van der Waals surface area contributed by atoms with E-state index in [1.54, 1.807) is 6.92 Å². The Morgan fingerprint density at radius 1 is 1.25 bits per heavy atom. The van der Waals surface area contributed by atoms with Crippen LogP contribution < -0.4 is 4.72 Å². The average molecular weight is 359 g/mol. The van der Waals surface area contributed by atoms with Gasteiger partial charge in [-0.05, 0) is 13.0 Å². The molecule has 4 nitrogen and oxygen atoms in total. The summed E-state index contributed by atoms with van der Waals surface area (Å²) < 4.78 is 52.9. The fourth-order valence-corrected chi connectivity index (χ4v) is 3.81. The lowest BCUT2D eigenvalue weighted by Gasteiger charge is -2.07. The topological polar surface area (TPSA) is 59.1 Å². The summed E-state index contributed by atoms with van der Waals surface area (Å²) in [5.41, 5.74) is 0.437. The Morgan fingerprint density at radius 3 is 2.45 bits per heavy atom. The van der Waals surface area contributed by atoms with E-state index in [2.05, 4.69) is 9.71 Å². The lowest BCUT2D eigenvalue weighted by Crippen LogP contribution is -2.14. The Hall–Kier alpha value is -0.960. The number of thiazole rings is 1. The summed E-state index contributed by atoms with van der Waals surface area (Å²) in [7, 11) is -4.27. The van der Waals surface area contributed by atoms with Crippen LogP contribution in [0.15, 0.2) is 17.0 Å². The molecule has 0 radical (unpaired) electrons. The number of anilines is 1. The summed E-state index contributed by atoms with van der Waals surface area (Å²) >= 11 is 12.1. The van der Waals surface area contributed by atoms with Gasteiger partial charge < -0.3 is 0 Å². The minimum Gasteiger partial charge on any atom is -0.254 e. The van der Waals surface area contributed by atoms with Crippen LogP contribution >= 0.6 is 34.5 Å². The zero-order chi connectivity index (χ0) is 15.1. The summed E-state index contributed by atoms with van der Waals surface area (Å²) in [6.07, 6.45) is 0. The molecule has 0 saturated carbocycles. The second-order valence-electron chi connectivity index (χ2n) is 3.68. The number of sulfonamides is 1. The second-order valence-corrected chi connectivity index (χ2v) is 7.34. The highest BCUT2D eigenvalue weighted by atomic mass is 35.5. The second kappa shape index (κ2) is 5.44. The number of nitrogens with zero attached hydrogens (tertiary/aromatic N) is 1. The number of rotatable bonds is 3. The Bertz CT molecular complexity index is 758. The molecule has 0 spiro atoms. The van der Waals surface area contributed by atoms with Crippen molar-refractivity contribution in [3.8, 4) is 0 Å². The summed E-state index contributed by atoms with van der Waals surface area (Å²) in [6.45, 7) is 1.59. The van der Waals surface area contributed by atoms with Gasteiger partial charge >= 0.3 is 0 Å². The standard InChI is InChI=1S/C10H6Cl2F2N2O2S2/c1-4-9(12)19-10(15-4)16-20(17,18)8-2-5(11)6(13)3-7(8)14/h2-3H,1H3,(H,15,16). The van der Waals surface area contributed by atoms with E-state index in [1.807, 2.05) is 0 Å². The molecule has 1 aromatic heterocycles. The lowest BCUT2D eigenvalue weighted by atomic mass is 10.3. The summed E-state index contributed by atoms with van der Waals surface area (Å²) in [6, 6.07) is 1.09. The third kappa shape index (κ3) is 3.03. The van der Waals surface area contributed by atoms with Gasteiger partial charge in [0, 0.05) is 6.07 Å². The van der Waals surface area contributed by atoms with Gasteiger partial charge in [0.15, 0.2) is 5.13 Å². The molecule has 0 atom stereocenters. The molecule has 1 N–H and O–H groups in total. The zero-order valence-corrected chi connectivity index (χ0v) is 12.9. The van der Waals surface area contributed by atoms with E-state index in [0.29, 0.717) is 22.2 Å². The van der Waals surface area contributed by atoms with E-state index >= 15 is 0 Å². The van der Waals surface area contributed by atoms with E-state index in [4.69, 9.17) is 23.2 Å². The minimum absolute atomic E-state index is 0.0210. The van der Waals surface area contributed by atoms with Crippen LogP contribution in [0.4, 0.5) is 13.9 Å². The molecule has 20 heavy (non-hydrogen) atoms. The van der Waals surface area contributed by atoms with Gasteiger partial charge in [-0.25, -0.2) is 22.2 Å². The van der Waals surface area contributed by atoms with Crippen LogP contribution in [0.1, 0.15) is 5.69 Å². The number of hydrogen-bond acceptors (Lipinski definition) is 4. The van der Waals surface area contributed by atoms with Crippen molar-refractivity contribution in [3.05, 3.63) is 38.8 Å². The fraction of sp³-hybridized carbons (Fsp3) is 0.100. The molecule has 2 rings (SSSR count). The maximum absolute atomic E-state index is 13.6. The van der Waals surface area contributed by atoms with Crippen LogP contribution in [0.5, 0.6) is 0 Å². The van der Waals surface area contributed by atoms with Crippen LogP contribution in [0.25, 0.3) is 0 Å². The summed E-state index contributed by atoms with van der Waals surface area (Å²) in [5.74, 6) is -2.30. The summed E-state index contributed by atoms with van der Waals surface area (Å²) in [4.78, 5) is 3.09. The summed E-state index contributed by atoms with van der Waals surface area (Å²) in [5, 5.41) is -0.521. The van der Waals surface area contributed by atoms with Crippen molar-refractivity contribution in [2.75, 3.05) is 4.72 Å². The largest absolute Gasteiger partial charge is 0.266 e. The predicted molar refractivity (Wildman–Crippen MR) is 74.0 cm³/mol. The molecule has 0 aliphatic carbocycles. The van der Waals surface area contributed by atoms with E-state index in [1.165, 1.54) is 0 Å². The first-order chi connectivity index (χ1) is 9.20. The van der Waals surface area contributed by atoms with E-state index in [9.17, 15) is 17.2 Å². The van der Waals surface area contributed by atoms with E-state index in [0.717, 1.165) is 11.3 Å². The molecule has 0 aliphatic rings. The van der Waals surface area contributed by atoms with Crippen LogP contribution in [-0.4, -0.2) is 13.4 Å². The van der Waals surface area contributed by atoms with Gasteiger partial charge in [-0.2, -0.15) is 0 Å². The minimum atomic E-state index is -4.27. The molecule has 0 fully saturated rings. The van der Waals surface area contributed by atoms with Gasteiger partial charge in [0.05, 0.1) is 10.7 Å². The Kier molecular flexibility index (Phi) is 4.19. The van der Waals surface area contributed by atoms with Crippen molar-refractivity contribution in [2.24, 2.45) is 0 Å². The average Bonchev–Trinajstić information content (AvgIpc) is 2.61. The van der Waals surface area contributed by atoms with Gasteiger partial charge in [0.2, 0.25) is 0 Å². The number of hydrogen-bond donors (Lipinski definition) is 1. The van der Waals surface area contributed by atoms with Crippen molar-refractivity contribution in [1.29, 1.82) is 0 Å². The number of aryl methyl sites for hydroxylation is 1. The van der Waals surface area contributed by atoms with Gasteiger partial charge in [0.25, 0.3) is 10.0 Å². The van der Waals surface area contributed by atoms with Crippen LogP contribution in [0.3, 0.4) is 0 Å². The first-order valence-corrected chi connectivity index (χ1v) is 8.06. The molecule has 0 unspecified atom stereocenters. The maximum Gasteiger partial charge on any atom is 0.266 e. The molecule has 0 saturated heterocycles. The quantitative estimate of drug-likeness (QED) is 0.848. The van der Waals surface area contributed by atoms with Gasteiger partial charge in [-0.1, -0.05) is 34.5 Å². The normalized spacial score (nSPS) is 11.7. The van der Waals surface area contributed by atoms with Gasteiger partial charge in [0.1, 0.15) is 20.9 Å².